The standard InChI is InChI=1S/C60H57N13O13S6/c1-26(2)32-17-38(74)44-27(3)91-56(71-44)34(18-41(75)61-4)65-49(78)36-23-87-52(67-36)31-15-16-33(54-69-40(25-90-54)73(43-20-63-51(86-43)60(83)84)58(80)29-11-13-30(14-12-29)59(81)82)64-45(31)35-22-88-55(66-35)37-24-89-57(68-37)47(48(77)28-9-7-6-8-10-28)70-42(76)19-62-50(79)46-39(21-85-5)92-53(32)72-46/h6-10,15-16,20,22-26,29-30,32,34,47-48,77H,11-14,17-19,21H2,1-5H3,(H,61,75)(H,62,79)(H,65,78)(H,70,76)(H,81,82)(H,83,84)/t29?,30?,32?,34-,47-,48-/m0/s1. The van der Waals surface area contributed by atoms with Gasteiger partial charge in [-0.25, -0.2) is 49.6 Å². The van der Waals surface area contributed by atoms with Gasteiger partial charge in [-0.15, -0.1) is 68.0 Å². The molecule has 0 radical (unpaired) electrons. The molecule has 476 valence electrons. The van der Waals surface area contributed by atoms with Crippen LogP contribution in [0.5, 0.6) is 0 Å². The lowest BCUT2D eigenvalue weighted by Gasteiger charge is -2.28. The number of ether oxygens (including phenoxy) is 1. The smallest absolute Gasteiger partial charge is 0.392 e. The van der Waals surface area contributed by atoms with Crippen molar-refractivity contribution >= 4 is 127 Å². The van der Waals surface area contributed by atoms with E-state index in [9.17, 15) is 53.7 Å². The van der Waals surface area contributed by atoms with Gasteiger partial charge in [0.15, 0.2) is 11.6 Å². The number of hydrogen-bond acceptors (Lipinski definition) is 25. The topological polar surface area (TPSA) is 374 Å². The molecule has 10 bridgehead atoms. The molecule has 0 spiro atoms. The van der Waals surface area contributed by atoms with Gasteiger partial charge < -0.3 is 45.7 Å². The van der Waals surface area contributed by atoms with E-state index < -0.39 is 89.9 Å². The maximum absolute atomic E-state index is 14.4. The highest BCUT2D eigenvalue weighted by molar-refractivity contribution is 7.15. The third kappa shape index (κ3) is 14.0. The number of benzene rings is 1. The highest BCUT2D eigenvalue weighted by Gasteiger charge is 2.38. The molecule has 9 heterocycles. The number of aromatic carboxylic acids is 1. The predicted octanol–water partition coefficient (Wildman–Crippen LogP) is 9.44. The van der Waals surface area contributed by atoms with E-state index in [4.69, 9.17) is 44.0 Å². The van der Waals surface area contributed by atoms with E-state index in [1.54, 1.807) is 70.9 Å². The van der Waals surface area contributed by atoms with Gasteiger partial charge in [-0.3, -0.25) is 33.6 Å². The lowest BCUT2D eigenvalue weighted by atomic mass is 9.81. The molecule has 1 aromatic carbocycles. The number of carboxylic acids is 2. The number of ketones is 1. The molecule has 1 unspecified atom stereocenters. The van der Waals surface area contributed by atoms with Crippen LogP contribution in [0.3, 0.4) is 0 Å². The Morgan fingerprint density at radius 3 is 2.15 bits per heavy atom. The van der Waals surface area contributed by atoms with Gasteiger partial charge in [0, 0.05) is 64.4 Å². The molecule has 26 nitrogen and oxygen atoms in total. The van der Waals surface area contributed by atoms with Crippen molar-refractivity contribution in [1.82, 2.24) is 61.1 Å². The first-order valence-electron chi connectivity index (χ1n) is 28.7. The van der Waals surface area contributed by atoms with E-state index in [0.717, 1.165) is 56.4 Å². The highest BCUT2D eigenvalue weighted by atomic mass is 32.1. The van der Waals surface area contributed by atoms with Crippen molar-refractivity contribution in [2.45, 2.75) is 90.0 Å². The number of aliphatic hydroxyl groups is 1. The number of oxazole rings is 1. The van der Waals surface area contributed by atoms with E-state index in [0.29, 0.717) is 68.0 Å². The minimum atomic E-state index is -1.47. The van der Waals surface area contributed by atoms with Crippen LogP contribution in [-0.2, 0) is 30.5 Å². The SMILES string of the molecule is CNC(=O)C[C@@H]1NC(=O)c2csc(n2)-c2ccc(-c3nc(N(C(=O)C4CCC(C(=O)O)CC4)c4cnc(C(=O)O)o4)cs3)nc2-c2csc(n2)-c2csc(n2)[C@H]([C@@H](O)c2ccccc2)NC(=O)CNC(=O)c2nc(sc2COC)C(C(C)C)CC(=O)c2nc1sc2C. The maximum Gasteiger partial charge on any atom is 0.392 e. The van der Waals surface area contributed by atoms with Crippen LogP contribution in [0.2, 0.25) is 0 Å². The second-order valence-electron chi connectivity index (χ2n) is 21.8. The third-order valence-electron chi connectivity index (χ3n) is 15.4. The zero-order chi connectivity index (χ0) is 65.1. The van der Waals surface area contributed by atoms with Gasteiger partial charge in [-0.2, -0.15) is 0 Å². The summed E-state index contributed by atoms with van der Waals surface area (Å²) in [7, 11) is 2.93. The number of fused-ring (bicyclic) bond motifs is 14. The number of aromatic nitrogens is 8. The Hall–Kier alpha value is -8.76. The minimum Gasteiger partial charge on any atom is -0.481 e. The van der Waals surface area contributed by atoms with Crippen LogP contribution in [0.25, 0.3) is 43.4 Å². The summed E-state index contributed by atoms with van der Waals surface area (Å²) in [5.74, 6) is -8.39. The Kier molecular flexibility index (Phi) is 19.7. The van der Waals surface area contributed by atoms with Gasteiger partial charge >= 0.3 is 17.8 Å². The van der Waals surface area contributed by atoms with E-state index in [-0.39, 0.29) is 91.3 Å². The summed E-state index contributed by atoms with van der Waals surface area (Å²) in [5.41, 5.74) is 2.32. The average Bonchev–Trinajstić information content (AvgIpc) is 1.73. The number of Topliss-reactive ketones (excluding diaryl/α,β-unsaturated/α-hetero) is 1. The number of nitrogens with one attached hydrogen (secondary N) is 4. The van der Waals surface area contributed by atoms with Crippen LogP contribution in [0.15, 0.2) is 74.6 Å². The summed E-state index contributed by atoms with van der Waals surface area (Å²) >= 11 is 6.98. The fourth-order valence-electron chi connectivity index (χ4n) is 10.5. The number of aliphatic carboxylic acids is 1. The third-order valence-corrected chi connectivity index (χ3v) is 21.1. The summed E-state index contributed by atoms with van der Waals surface area (Å²) < 4.78 is 11.0. The van der Waals surface area contributed by atoms with Gasteiger partial charge in [0.25, 0.3) is 11.8 Å². The Morgan fingerprint density at radius 2 is 1.43 bits per heavy atom. The number of thiazole rings is 6. The second-order valence-corrected chi connectivity index (χ2v) is 27.6. The van der Waals surface area contributed by atoms with Crippen molar-refractivity contribution in [2.24, 2.45) is 17.8 Å². The Balaban J connectivity index is 0.994. The van der Waals surface area contributed by atoms with Crippen molar-refractivity contribution < 1.29 is 62.8 Å². The largest absolute Gasteiger partial charge is 0.481 e. The number of anilines is 2. The van der Waals surface area contributed by atoms with Gasteiger partial charge in [0.1, 0.15) is 71.3 Å². The second kappa shape index (κ2) is 28.0. The van der Waals surface area contributed by atoms with E-state index >= 15 is 0 Å². The number of carbonyl (C=O) groups excluding carboxylic acids is 6. The molecule has 1 saturated carbocycles. The number of aliphatic hydroxyl groups excluding tert-OH is 1. The molecule has 9 aromatic rings. The quantitative estimate of drug-likeness (QED) is 0.0564. The molecule has 8 aromatic heterocycles. The minimum absolute atomic E-state index is 0.00817. The van der Waals surface area contributed by atoms with Crippen molar-refractivity contribution in [3.63, 3.8) is 0 Å². The summed E-state index contributed by atoms with van der Waals surface area (Å²) in [6, 6.07) is 9.95. The number of pyridine rings is 1. The Labute approximate surface area is 547 Å². The van der Waals surface area contributed by atoms with Gasteiger partial charge in [-0.1, -0.05) is 44.2 Å². The number of carbonyl (C=O) groups is 8. The van der Waals surface area contributed by atoms with Crippen LogP contribution < -0.4 is 26.2 Å². The molecule has 2 aliphatic rings. The van der Waals surface area contributed by atoms with Crippen molar-refractivity contribution in [1.29, 1.82) is 0 Å². The predicted molar refractivity (Wildman–Crippen MR) is 342 cm³/mol. The first-order valence-corrected chi connectivity index (χ1v) is 33.8. The van der Waals surface area contributed by atoms with Crippen molar-refractivity contribution in [2.75, 3.05) is 25.6 Å². The molecule has 92 heavy (non-hydrogen) atoms. The molecule has 1 aliphatic carbocycles. The number of methoxy groups -OCH3 is 1. The van der Waals surface area contributed by atoms with E-state index in [1.807, 2.05) is 13.8 Å². The highest BCUT2D eigenvalue weighted by Crippen LogP contribution is 2.43. The first kappa shape index (κ1) is 64.8. The molecular weight excluding hydrogens is 1300 g/mol. The summed E-state index contributed by atoms with van der Waals surface area (Å²) in [6.45, 7) is 5.07. The number of amides is 5. The normalized spacial score (nSPS) is 18.5. The molecule has 32 heteroatoms. The summed E-state index contributed by atoms with van der Waals surface area (Å²) in [6.07, 6.45) is 0.493. The number of aryl methyl sites for hydroxylation is 1. The lowest BCUT2D eigenvalue weighted by Crippen LogP contribution is -2.40. The Morgan fingerprint density at radius 1 is 0.739 bits per heavy atom. The van der Waals surface area contributed by atoms with Crippen LogP contribution in [-0.4, -0.2) is 123 Å². The van der Waals surface area contributed by atoms with Crippen LogP contribution in [0, 0.1) is 24.7 Å². The van der Waals surface area contributed by atoms with Gasteiger partial charge in [0.05, 0.1) is 53.3 Å². The Bertz CT molecular complexity index is 4270. The number of hydrogen-bond donors (Lipinski definition) is 7. The molecule has 4 atom stereocenters. The van der Waals surface area contributed by atoms with Crippen molar-refractivity contribution in [3.05, 3.63) is 123 Å². The number of rotatable bonds is 13. The fraction of sp³-hybridized carbons (Fsp3) is 0.333. The van der Waals surface area contributed by atoms with E-state index in [1.165, 1.54) is 36.8 Å². The average molecular weight is 1360 g/mol. The number of carboxylic acid groups (broad SMARTS) is 2. The molecule has 0 saturated heterocycles. The van der Waals surface area contributed by atoms with Gasteiger partial charge in [-0.05, 0) is 56.2 Å². The van der Waals surface area contributed by atoms with Gasteiger partial charge in [0.2, 0.25) is 23.6 Å². The van der Waals surface area contributed by atoms with E-state index in [2.05, 4.69) is 26.3 Å². The maximum atomic E-state index is 14.4. The van der Waals surface area contributed by atoms with Crippen molar-refractivity contribution in [3.8, 4) is 43.4 Å². The molecular formula is C60H57N13O13S6. The zero-order valence-electron chi connectivity index (χ0n) is 49.5. The molecule has 7 N–H and O–H groups in total. The van der Waals surface area contributed by atoms with Crippen LogP contribution >= 0.6 is 68.0 Å². The first-order chi connectivity index (χ1) is 44.2. The molecule has 11 rings (SSSR count). The van der Waals surface area contributed by atoms with Crippen LogP contribution in [0.1, 0.15) is 149 Å². The molecule has 1 fully saturated rings. The fourth-order valence-corrected chi connectivity index (χ4v) is 16.1. The zero-order valence-corrected chi connectivity index (χ0v) is 54.4. The summed E-state index contributed by atoms with van der Waals surface area (Å²) in [5, 5.41) is 51.2. The summed E-state index contributed by atoms with van der Waals surface area (Å²) in [4.78, 5) is 148. The lowest BCUT2D eigenvalue weighted by molar-refractivity contribution is -0.144. The molecule has 1 aliphatic heterocycles. The number of nitrogens with zero attached hydrogens (tertiary/aromatic N) is 9. The monoisotopic (exact) mass is 1360 g/mol. The van der Waals surface area contributed by atoms with Crippen LogP contribution in [0.4, 0.5) is 11.7 Å². The molecule has 5 amide bonds.